The number of nitriles is 1. The number of benzene rings is 1. The van der Waals surface area contributed by atoms with Crippen LogP contribution < -0.4 is 0 Å². The predicted molar refractivity (Wildman–Crippen MR) is 76.1 cm³/mol. The number of ether oxygens (including phenoxy) is 1. The largest absolute Gasteiger partial charge is 0.378 e. The van der Waals surface area contributed by atoms with Gasteiger partial charge in [-0.05, 0) is 12.1 Å². The highest BCUT2D eigenvalue weighted by Gasteiger charge is 2.45. The Kier molecular flexibility index (Phi) is 3.41. The van der Waals surface area contributed by atoms with Gasteiger partial charge in [-0.1, -0.05) is 6.07 Å². The second-order valence-corrected chi connectivity index (χ2v) is 7.27. The van der Waals surface area contributed by atoms with Gasteiger partial charge in [0.2, 0.25) is 10.0 Å². The Morgan fingerprint density at radius 1 is 1.48 bits per heavy atom. The Labute approximate surface area is 126 Å². The highest BCUT2D eigenvalue weighted by atomic mass is 32.2. The summed E-state index contributed by atoms with van der Waals surface area (Å²) < 4.78 is 40.1. The fourth-order valence-electron chi connectivity index (χ4n) is 2.33. The number of nitrogens with zero attached hydrogens (tertiary/aromatic N) is 4. The minimum atomic E-state index is -3.85. The third-order valence-electron chi connectivity index (χ3n) is 3.70. The van der Waals surface area contributed by atoms with Crippen LogP contribution in [0, 0.1) is 11.3 Å². The summed E-state index contributed by atoms with van der Waals surface area (Å²) in [7, 11) is -2.45. The monoisotopic (exact) mass is 324 g/mol. The summed E-state index contributed by atoms with van der Waals surface area (Å²) in [5.41, 5.74) is -0.297. The summed E-state index contributed by atoms with van der Waals surface area (Å²) in [5, 5.41) is 9.41. The SMILES string of the molecule is CN([C@]1(C#N)CCOC1)S(=O)(=O)c1cccc2nsnc12. The first-order valence-electron chi connectivity index (χ1n) is 6.21. The maximum absolute atomic E-state index is 12.9. The van der Waals surface area contributed by atoms with Crippen molar-refractivity contribution in [2.45, 2.75) is 16.9 Å². The first-order chi connectivity index (χ1) is 10.0. The molecular formula is C12H12N4O3S2. The second-order valence-electron chi connectivity index (χ2n) is 4.81. The van der Waals surface area contributed by atoms with Crippen molar-refractivity contribution >= 4 is 32.8 Å². The van der Waals surface area contributed by atoms with Gasteiger partial charge in [-0.15, -0.1) is 0 Å². The minimum Gasteiger partial charge on any atom is -0.378 e. The molecule has 9 heteroatoms. The fourth-order valence-corrected chi connectivity index (χ4v) is 4.52. The van der Waals surface area contributed by atoms with Crippen molar-refractivity contribution in [2.75, 3.05) is 20.3 Å². The standard InChI is InChI=1S/C12H12N4O3S2/c1-16(12(7-13)5-6-19-8-12)21(17,18)10-4-2-3-9-11(10)15-20-14-9/h2-4H,5-6,8H2,1H3/t12-/m0/s1. The van der Waals surface area contributed by atoms with Gasteiger partial charge in [0.05, 0.1) is 24.4 Å². The second kappa shape index (κ2) is 4.99. The Morgan fingerprint density at radius 2 is 2.29 bits per heavy atom. The highest BCUT2D eigenvalue weighted by molar-refractivity contribution is 7.89. The van der Waals surface area contributed by atoms with Crippen molar-refractivity contribution in [1.29, 1.82) is 5.26 Å². The molecule has 0 radical (unpaired) electrons. The van der Waals surface area contributed by atoms with Crippen molar-refractivity contribution in [3.8, 4) is 6.07 Å². The van der Waals surface area contributed by atoms with Crippen LogP contribution in [0.15, 0.2) is 23.1 Å². The Balaban J connectivity index is 2.13. The molecule has 0 saturated carbocycles. The van der Waals surface area contributed by atoms with Gasteiger partial charge in [0.1, 0.15) is 21.5 Å². The summed E-state index contributed by atoms with van der Waals surface area (Å²) in [6.07, 6.45) is 0.352. The quantitative estimate of drug-likeness (QED) is 0.835. The number of hydrogen-bond donors (Lipinski definition) is 0. The first kappa shape index (κ1) is 14.3. The summed E-state index contributed by atoms with van der Waals surface area (Å²) in [4.78, 5) is 0.0674. The lowest BCUT2D eigenvalue weighted by atomic mass is 10.0. The molecule has 1 fully saturated rings. The zero-order chi connectivity index (χ0) is 15.1. The maximum atomic E-state index is 12.9. The number of aromatic nitrogens is 2. The fraction of sp³-hybridized carbons (Fsp3) is 0.417. The summed E-state index contributed by atoms with van der Waals surface area (Å²) in [5.74, 6) is 0. The van der Waals surface area contributed by atoms with Gasteiger partial charge in [-0.25, -0.2) is 8.42 Å². The predicted octanol–water partition coefficient (Wildman–Crippen LogP) is 0.994. The minimum absolute atomic E-state index is 0.0674. The van der Waals surface area contributed by atoms with E-state index in [1.165, 1.54) is 13.1 Å². The van der Waals surface area contributed by atoms with Gasteiger partial charge >= 0.3 is 0 Å². The van der Waals surface area contributed by atoms with Crippen molar-refractivity contribution in [1.82, 2.24) is 13.1 Å². The molecule has 0 amide bonds. The van der Waals surface area contributed by atoms with Crippen LogP contribution in [0.1, 0.15) is 6.42 Å². The third kappa shape index (κ3) is 2.11. The van der Waals surface area contributed by atoms with Crippen LogP contribution in [-0.4, -0.2) is 47.3 Å². The molecule has 0 bridgehead atoms. The van der Waals surface area contributed by atoms with Crippen LogP contribution in [0.25, 0.3) is 11.0 Å². The van der Waals surface area contributed by atoms with Crippen LogP contribution in [0.4, 0.5) is 0 Å². The van der Waals surface area contributed by atoms with Crippen LogP contribution in [0.2, 0.25) is 0 Å². The molecule has 0 aliphatic carbocycles. The van der Waals surface area contributed by atoms with Crippen LogP contribution >= 0.6 is 11.7 Å². The van der Waals surface area contributed by atoms with Gasteiger partial charge in [0.15, 0.2) is 0 Å². The number of fused-ring (bicyclic) bond motifs is 1. The Bertz CT molecular complexity index is 818. The van der Waals surface area contributed by atoms with Gasteiger partial charge in [-0.2, -0.15) is 18.3 Å². The zero-order valence-electron chi connectivity index (χ0n) is 11.2. The number of likely N-dealkylation sites (N-methyl/N-ethyl adjacent to an activating group) is 1. The van der Waals surface area contributed by atoms with Crippen LogP contribution in [0.5, 0.6) is 0 Å². The van der Waals surface area contributed by atoms with Gasteiger partial charge in [0.25, 0.3) is 0 Å². The molecule has 3 rings (SSSR count). The average molecular weight is 324 g/mol. The molecule has 110 valence electrons. The third-order valence-corrected chi connectivity index (χ3v) is 6.20. The maximum Gasteiger partial charge on any atom is 0.246 e. The van der Waals surface area contributed by atoms with E-state index in [4.69, 9.17) is 4.74 Å². The van der Waals surface area contributed by atoms with E-state index >= 15 is 0 Å². The van der Waals surface area contributed by atoms with E-state index in [0.29, 0.717) is 24.1 Å². The molecule has 0 spiro atoms. The summed E-state index contributed by atoms with van der Waals surface area (Å²) >= 11 is 0.959. The lowest BCUT2D eigenvalue weighted by Gasteiger charge is -2.30. The first-order valence-corrected chi connectivity index (χ1v) is 8.38. The van der Waals surface area contributed by atoms with Crippen LogP contribution in [-0.2, 0) is 14.8 Å². The number of sulfonamides is 1. The molecule has 1 saturated heterocycles. The van der Waals surface area contributed by atoms with E-state index in [-0.39, 0.29) is 11.5 Å². The molecule has 1 aliphatic heterocycles. The van der Waals surface area contributed by atoms with Crippen molar-refractivity contribution in [2.24, 2.45) is 0 Å². The summed E-state index contributed by atoms with van der Waals surface area (Å²) in [6.45, 7) is 0.445. The molecule has 1 aliphatic rings. The number of rotatable bonds is 3. The summed E-state index contributed by atoms with van der Waals surface area (Å²) in [6, 6.07) is 6.89. The molecule has 2 aromatic rings. The lowest BCUT2D eigenvalue weighted by molar-refractivity contribution is 0.163. The van der Waals surface area contributed by atoms with Crippen molar-refractivity contribution in [3.63, 3.8) is 0 Å². The lowest BCUT2D eigenvalue weighted by Crippen LogP contribution is -2.49. The molecule has 0 unspecified atom stereocenters. The highest BCUT2D eigenvalue weighted by Crippen LogP contribution is 2.32. The molecule has 2 heterocycles. The molecule has 1 aromatic carbocycles. The van der Waals surface area contributed by atoms with Crippen LogP contribution in [0.3, 0.4) is 0 Å². The molecule has 21 heavy (non-hydrogen) atoms. The van der Waals surface area contributed by atoms with Gasteiger partial charge in [0, 0.05) is 20.1 Å². The molecule has 1 atom stereocenters. The molecular weight excluding hydrogens is 312 g/mol. The van der Waals surface area contributed by atoms with E-state index in [9.17, 15) is 13.7 Å². The van der Waals surface area contributed by atoms with Crippen molar-refractivity contribution < 1.29 is 13.2 Å². The Morgan fingerprint density at radius 3 is 2.95 bits per heavy atom. The zero-order valence-corrected chi connectivity index (χ0v) is 12.8. The van der Waals surface area contributed by atoms with E-state index in [0.717, 1.165) is 16.0 Å². The van der Waals surface area contributed by atoms with Crippen molar-refractivity contribution in [3.05, 3.63) is 18.2 Å². The number of hydrogen-bond acceptors (Lipinski definition) is 7. The topological polar surface area (TPSA) is 96.2 Å². The molecule has 0 N–H and O–H groups in total. The van der Waals surface area contributed by atoms with E-state index in [1.807, 2.05) is 0 Å². The molecule has 1 aromatic heterocycles. The smallest absolute Gasteiger partial charge is 0.246 e. The van der Waals surface area contributed by atoms with E-state index in [1.54, 1.807) is 12.1 Å². The van der Waals surface area contributed by atoms with Gasteiger partial charge < -0.3 is 4.74 Å². The average Bonchev–Trinajstić information content (AvgIpc) is 3.15. The Hall–Kier alpha value is -1.60. The van der Waals surface area contributed by atoms with Gasteiger partial charge in [-0.3, -0.25) is 0 Å². The normalized spacial score (nSPS) is 22.7. The molecule has 7 nitrogen and oxygen atoms in total. The van der Waals surface area contributed by atoms with E-state index in [2.05, 4.69) is 14.8 Å². The van der Waals surface area contributed by atoms with E-state index < -0.39 is 15.6 Å².